The van der Waals surface area contributed by atoms with Gasteiger partial charge in [0.15, 0.2) is 0 Å². The molecule has 3 aliphatic rings. The second kappa shape index (κ2) is 13.5. The van der Waals surface area contributed by atoms with E-state index < -0.39 is 5.41 Å². The number of para-hydroxylation sites is 3. The highest BCUT2D eigenvalue weighted by Crippen LogP contribution is 2.60. The molecule has 304 valence electrons. The lowest BCUT2D eigenvalue weighted by Gasteiger charge is -2.53. The molecule has 0 unspecified atom stereocenters. The van der Waals surface area contributed by atoms with E-state index in [2.05, 4.69) is 238 Å². The number of rotatable bonds is 4. The van der Waals surface area contributed by atoms with Gasteiger partial charge in [0.2, 0.25) is 0 Å². The zero-order valence-electron chi connectivity index (χ0n) is 36.4. The number of furan rings is 1. The number of hydrogen-bond donors (Lipinski definition) is 0. The minimum absolute atomic E-state index is 0.0326. The Morgan fingerprint density at radius 3 is 1.91 bits per heavy atom. The lowest BCUT2D eigenvalue weighted by molar-refractivity contribution is 0.590. The van der Waals surface area contributed by atoms with Crippen LogP contribution < -0.4 is 20.6 Å². The molecule has 4 heterocycles. The fourth-order valence-corrected chi connectivity index (χ4v) is 11.5. The summed E-state index contributed by atoms with van der Waals surface area (Å²) in [5.74, 6) is 0. The van der Waals surface area contributed by atoms with Crippen LogP contribution in [0.1, 0.15) is 54.2 Å². The van der Waals surface area contributed by atoms with Crippen LogP contribution in [0.25, 0.3) is 44.2 Å². The van der Waals surface area contributed by atoms with Gasteiger partial charge in [-0.2, -0.15) is 0 Å². The van der Waals surface area contributed by atoms with E-state index in [9.17, 15) is 0 Å². The minimum atomic E-state index is -0.573. The van der Waals surface area contributed by atoms with Gasteiger partial charge in [0.1, 0.15) is 11.2 Å². The van der Waals surface area contributed by atoms with Crippen LogP contribution in [0, 0.1) is 6.92 Å². The third-order valence-electron chi connectivity index (χ3n) is 14.3. The van der Waals surface area contributed by atoms with Gasteiger partial charge in [0, 0.05) is 44.6 Å². The van der Waals surface area contributed by atoms with Gasteiger partial charge in [-0.25, -0.2) is 0 Å². The summed E-state index contributed by atoms with van der Waals surface area (Å²) in [7, 11) is 0. The summed E-state index contributed by atoms with van der Waals surface area (Å²) in [6, 6.07) is 74.8. The minimum Gasteiger partial charge on any atom is -0.456 e. The molecule has 0 atom stereocenters. The van der Waals surface area contributed by atoms with Crippen molar-refractivity contribution in [3.63, 3.8) is 0 Å². The molecule has 0 spiro atoms. The molecule has 0 bridgehead atoms. The van der Waals surface area contributed by atoms with E-state index in [0.717, 1.165) is 33.3 Å². The zero-order valence-corrected chi connectivity index (χ0v) is 36.4. The first-order valence-electron chi connectivity index (χ1n) is 22.5. The molecule has 3 nitrogen and oxygen atoms in total. The molecular formula is C60H45BN2O. The third-order valence-corrected chi connectivity index (χ3v) is 14.3. The first-order chi connectivity index (χ1) is 31.3. The van der Waals surface area contributed by atoms with Crippen molar-refractivity contribution in [1.29, 1.82) is 0 Å². The average molecular weight is 821 g/mol. The molecule has 0 aliphatic carbocycles. The molecule has 3 aliphatic heterocycles. The molecule has 64 heavy (non-hydrogen) atoms. The predicted molar refractivity (Wildman–Crippen MR) is 268 cm³/mol. The Kier molecular flexibility index (Phi) is 7.80. The number of hydrogen-bond acceptors (Lipinski definition) is 3. The van der Waals surface area contributed by atoms with E-state index in [0.29, 0.717) is 0 Å². The van der Waals surface area contributed by atoms with Crippen molar-refractivity contribution >= 4 is 68.1 Å². The maximum atomic E-state index is 6.81. The lowest BCUT2D eigenvalue weighted by atomic mass is 9.42. The quantitative estimate of drug-likeness (QED) is 0.165. The molecule has 1 aromatic heterocycles. The summed E-state index contributed by atoms with van der Waals surface area (Å²) in [5.41, 5.74) is 22.2. The van der Waals surface area contributed by atoms with E-state index in [-0.39, 0.29) is 12.3 Å². The highest BCUT2D eigenvalue weighted by Gasteiger charge is 2.53. The van der Waals surface area contributed by atoms with Crippen LogP contribution in [0.4, 0.5) is 28.4 Å². The second-order valence-corrected chi connectivity index (χ2v) is 18.9. The van der Waals surface area contributed by atoms with Gasteiger partial charge in [-0.1, -0.05) is 178 Å². The van der Waals surface area contributed by atoms with E-state index >= 15 is 0 Å². The molecule has 4 heteroatoms. The summed E-state index contributed by atoms with van der Waals surface area (Å²) >= 11 is 0. The molecule has 0 amide bonds. The maximum absolute atomic E-state index is 6.81. The number of aryl methyl sites for hydroxylation is 1. The normalized spacial score (nSPS) is 14.3. The average Bonchev–Trinajstić information content (AvgIpc) is 3.69. The van der Waals surface area contributed by atoms with Gasteiger partial charge in [-0.3, -0.25) is 0 Å². The molecule has 9 aromatic carbocycles. The number of fused-ring (bicyclic) bond motifs is 9. The Labute approximate surface area is 375 Å². The summed E-state index contributed by atoms with van der Waals surface area (Å²) in [4.78, 5) is 5.27. The first-order valence-corrected chi connectivity index (χ1v) is 22.5. The van der Waals surface area contributed by atoms with Gasteiger partial charge in [0.05, 0.1) is 11.1 Å². The van der Waals surface area contributed by atoms with Crippen LogP contribution in [0.2, 0.25) is 0 Å². The second-order valence-electron chi connectivity index (χ2n) is 18.9. The van der Waals surface area contributed by atoms with Crippen LogP contribution in [0.15, 0.2) is 205 Å². The Balaban J connectivity index is 1.19. The number of anilines is 5. The van der Waals surface area contributed by atoms with Crippen molar-refractivity contribution in [2.45, 2.75) is 38.5 Å². The van der Waals surface area contributed by atoms with Gasteiger partial charge >= 0.3 is 6.85 Å². The molecule has 13 rings (SSSR count). The van der Waals surface area contributed by atoms with Crippen LogP contribution in [0.3, 0.4) is 0 Å². The Morgan fingerprint density at radius 1 is 0.484 bits per heavy atom. The Morgan fingerprint density at radius 2 is 1.16 bits per heavy atom. The third kappa shape index (κ3) is 5.05. The SMILES string of the molecule is Cc1cc2c3c(c1)N(c1ccc(C(C)(C)C)cc1-c1ccccc1)c1cc4c(cc1B3N1c3ccccc3C(c3ccccc3)(c3ccccc3)c3cccc-2c31)oc1ccccc14. The fourth-order valence-electron chi connectivity index (χ4n) is 11.5. The molecule has 0 N–H and O–H groups in total. The Bertz CT molecular complexity index is 3470. The summed E-state index contributed by atoms with van der Waals surface area (Å²) in [6.07, 6.45) is 0. The van der Waals surface area contributed by atoms with Crippen LogP contribution >= 0.6 is 0 Å². The molecule has 0 radical (unpaired) electrons. The van der Waals surface area contributed by atoms with Crippen LogP contribution in [0.5, 0.6) is 0 Å². The topological polar surface area (TPSA) is 19.6 Å². The predicted octanol–water partition coefficient (Wildman–Crippen LogP) is 14.3. The van der Waals surface area contributed by atoms with E-state index in [4.69, 9.17) is 4.42 Å². The van der Waals surface area contributed by atoms with Gasteiger partial charge in [-0.05, 0) is 110 Å². The van der Waals surface area contributed by atoms with Crippen molar-refractivity contribution in [2.75, 3.05) is 9.71 Å². The summed E-state index contributed by atoms with van der Waals surface area (Å²) < 4.78 is 6.81. The lowest BCUT2D eigenvalue weighted by Crippen LogP contribution is -2.63. The van der Waals surface area contributed by atoms with Gasteiger partial charge in [-0.15, -0.1) is 0 Å². The van der Waals surface area contributed by atoms with Crippen molar-refractivity contribution in [3.8, 4) is 22.3 Å². The number of nitrogens with zero attached hydrogens (tertiary/aromatic N) is 2. The first kappa shape index (κ1) is 37.0. The van der Waals surface area contributed by atoms with Gasteiger partial charge in [0.25, 0.3) is 0 Å². The standard InChI is InChI=1S/C60H45BN2O/c1-38-33-47-44-26-18-28-49-58(44)63(52-29-16-15-27-48(52)60(49,40-21-10-6-11-22-40)41-23-12-7-13-24-41)61-50-37-56-46(43-25-14-17-30-55(43)64-56)36-53(50)62(54(34-38)57(47)61)51-32-31-42(59(2,3)4)35-45(51)39-19-8-5-9-20-39/h5-37H,1-4H3. The highest BCUT2D eigenvalue weighted by atomic mass is 16.3. The largest absolute Gasteiger partial charge is 0.456 e. The smallest absolute Gasteiger partial charge is 0.333 e. The van der Waals surface area contributed by atoms with Gasteiger partial charge < -0.3 is 14.1 Å². The van der Waals surface area contributed by atoms with Crippen molar-refractivity contribution < 1.29 is 4.42 Å². The maximum Gasteiger partial charge on any atom is 0.333 e. The van der Waals surface area contributed by atoms with Crippen molar-refractivity contribution in [1.82, 2.24) is 0 Å². The van der Waals surface area contributed by atoms with E-state index in [1.807, 2.05) is 0 Å². The summed E-state index contributed by atoms with van der Waals surface area (Å²) in [6.45, 7) is 9.02. The number of benzene rings is 9. The fraction of sp³-hybridized carbons (Fsp3) is 0.100. The van der Waals surface area contributed by atoms with Crippen molar-refractivity contribution in [3.05, 3.63) is 234 Å². The monoisotopic (exact) mass is 820 g/mol. The molecular weight excluding hydrogens is 775 g/mol. The van der Waals surface area contributed by atoms with E-state index in [1.54, 1.807) is 0 Å². The zero-order chi connectivity index (χ0) is 42.9. The summed E-state index contributed by atoms with van der Waals surface area (Å²) in [5, 5.41) is 2.24. The van der Waals surface area contributed by atoms with Crippen molar-refractivity contribution in [2.24, 2.45) is 0 Å². The highest BCUT2D eigenvalue weighted by molar-refractivity contribution is 6.94. The van der Waals surface area contributed by atoms with Crippen LogP contribution in [-0.2, 0) is 10.8 Å². The van der Waals surface area contributed by atoms with E-state index in [1.165, 1.54) is 83.6 Å². The molecule has 0 saturated heterocycles. The molecule has 0 fully saturated rings. The molecule has 0 saturated carbocycles. The van der Waals surface area contributed by atoms with Crippen LogP contribution in [-0.4, -0.2) is 6.85 Å². The molecule has 10 aromatic rings. The Hall–Kier alpha value is -7.56.